The maximum Gasteiger partial charge on any atom is 0.338 e. The molecule has 0 radical (unpaired) electrons. The number of anilines is 1. The molecule has 25 heavy (non-hydrogen) atoms. The number of benzene rings is 1. The number of piperazine rings is 1. The Kier molecular flexibility index (Phi) is 5.28. The molecule has 1 aromatic heterocycles. The lowest BCUT2D eigenvalue weighted by molar-refractivity contribution is 0.0526. The van der Waals surface area contributed by atoms with E-state index in [-0.39, 0.29) is 11.9 Å². The number of hydrogen-bond acceptors (Lipinski definition) is 5. The van der Waals surface area contributed by atoms with Gasteiger partial charge in [0.2, 0.25) is 0 Å². The number of amides is 1. The molecule has 1 fully saturated rings. The van der Waals surface area contributed by atoms with Gasteiger partial charge >= 0.3 is 5.97 Å². The fourth-order valence-electron chi connectivity index (χ4n) is 2.87. The fourth-order valence-corrected chi connectivity index (χ4v) is 2.87. The first kappa shape index (κ1) is 17.0. The average Bonchev–Trinajstić information content (AvgIpc) is 2.68. The maximum absolute atomic E-state index is 12.5. The molecule has 0 bridgehead atoms. The Balaban J connectivity index is 1.59. The molecule has 6 heteroatoms. The second-order valence-corrected chi connectivity index (χ2v) is 5.78. The van der Waals surface area contributed by atoms with E-state index >= 15 is 0 Å². The van der Waals surface area contributed by atoms with E-state index in [0.717, 1.165) is 18.8 Å². The summed E-state index contributed by atoms with van der Waals surface area (Å²) in [6, 6.07) is 10.9. The zero-order valence-electron chi connectivity index (χ0n) is 14.2. The summed E-state index contributed by atoms with van der Waals surface area (Å²) in [4.78, 5) is 32.2. The molecule has 0 aliphatic carbocycles. The van der Waals surface area contributed by atoms with Gasteiger partial charge in [0.05, 0.1) is 12.2 Å². The number of nitrogens with zero attached hydrogens (tertiary/aromatic N) is 3. The van der Waals surface area contributed by atoms with Gasteiger partial charge in [0, 0.05) is 49.8 Å². The second kappa shape index (κ2) is 7.79. The number of rotatable bonds is 4. The Hall–Kier alpha value is -2.89. The van der Waals surface area contributed by atoms with Crippen LogP contribution in [0.15, 0.2) is 48.8 Å². The van der Waals surface area contributed by atoms with E-state index in [1.165, 1.54) is 0 Å². The number of hydrogen-bond donors (Lipinski definition) is 0. The lowest BCUT2D eigenvalue weighted by Gasteiger charge is -2.36. The van der Waals surface area contributed by atoms with Crippen LogP contribution in [0.3, 0.4) is 0 Å². The summed E-state index contributed by atoms with van der Waals surface area (Å²) in [6.07, 6.45) is 3.27. The lowest BCUT2D eigenvalue weighted by Crippen LogP contribution is -2.48. The minimum Gasteiger partial charge on any atom is -0.462 e. The van der Waals surface area contributed by atoms with E-state index in [1.807, 2.05) is 17.0 Å². The Morgan fingerprint density at radius 1 is 0.960 bits per heavy atom. The normalized spacial score (nSPS) is 14.3. The van der Waals surface area contributed by atoms with Crippen molar-refractivity contribution in [3.8, 4) is 0 Å². The minimum absolute atomic E-state index is 0.0414. The number of ether oxygens (including phenoxy) is 1. The van der Waals surface area contributed by atoms with E-state index in [9.17, 15) is 9.59 Å². The molecule has 1 aliphatic heterocycles. The van der Waals surface area contributed by atoms with Crippen LogP contribution in [0.25, 0.3) is 0 Å². The van der Waals surface area contributed by atoms with Crippen molar-refractivity contribution in [2.45, 2.75) is 6.92 Å². The van der Waals surface area contributed by atoms with Gasteiger partial charge in [-0.1, -0.05) is 0 Å². The highest BCUT2D eigenvalue weighted by Gasteiger charge is 2.22. The first-order valence-electron chi connectivity index (χ1n) is 8.40. The van der Waals surface area contributed by atoms with E-state index in [4.69, 9.17) is 4.74 Å². The summed E-state index contributed by atoms with van der Waals surface area (Å²) in [5.41, 5.74) is 2.27. The van der Waals surface area contributed by atoms with Gasteiger partial charge in [-0.15, -0.1) is 0 Å². The molecule has 0 spiro atoms. The van der Waals surface area contributed by atoms with E-state index < -0.39 is 0 Å². The molecule has 0 atom stereocenters. The van der Waals surface area contributed by atoms with Gasteiger partial charge in [0.25, 0.3) is 5.91 Å². The van der Waals surface area contributed by atoms with E-state index in [0.29, 0.717) is 30.8 Å². The molecular formula is C19H21N3O3. The van der Waals surface area contributed by atoms with Crippen molar-refractivity contribution in [3.63, 3.8) is 0 Å². The number of esters is 1. The molecule has 2 aromatic rings. The molecule has 1 saturated heterocycles. The van der Waals surface area contributed by atoms with Gasteiger partial charge < -0.3 is 14.5 Å². The predicted octanol–water partition coefficient (Wildman–Crippen LogP) is 2.22. The Labute approximate surface area is 147 Å². The summed E-state index contributed by atoms with van der Waals surface area (Å²) in [7, 11) is 0. The molecule has 130 valence electrons. The van der Waals surface area contributed by atoms with Crippen molar-refractivity contribution >= 4 is 17.6 Å². The average molecular weight is 339 g/mol. The monoisotopic (exact) mass is 339 g/mol. The second-order valence-electron chi connectivity index (χ2n) is 5.78. The molecule has 0 unspecified atom stereocenters. The summed E-state index contributed by atoms with van der Waals surface area (Å²) >= 11 is 0. The molecule has 3 rings (SSSR count). The molecule has 1 amide bonds. The topological polar surface area (TPSA) is 62.7 Å². The SMILES string of the molecule is CCOC(=O)c1ccc(N2CCN(C(=O)c3ccncc3)CC2)cc1. The first-order chi connectivity index (χ1) is 12.2. The van der Waals surface area contributed by atoms with Crippen molar-refractivity contribution < 1.29 is 14.3 Å². The zero-order chi connectivity index (χ0) is 17.6. The van der Waals surface area contributed by atoms with Crippen LogP contribution in [-0.4, -0.2) is 54.5 Å². The van der Waals surface area contributed by atoms with Gasteiger partial charge in [0.1, 0.15) is 0 Å². The van der Waals surface area contributed by atoms with Gasteiger partial charge in [0.15, 0.2) is 0 Å². The van der Waals surface area contributed by atoms with Crippen molar-refractivity contribution in [3.05, 3.63) is 59.9 Å². The van der Waals surface area contributed by atoms with Gasteiger partial charge in [-0.2, -0.15) is 0 Å². The number of pyridine rings is 1. The van der Waals surface area contributed by atoms with E-state index in [1.54, 1.807) is 43.6 Å². The highest BCUT2D eigenvalue weighted by molar-refractivity contribution is 5.94. The standard InChI is InChI=1S/C19H21N3O3/c1-2-25-19(24)16-3-5-17(6-4-16)21-11-13-22(14-12-21)18(23)15-7-9-20-10-8-15/h3-10H,2,11-14H2,1H3. The van der Waals surface area contributed by atoms with Crippen LogP contribution in [-0.2, 0) is 4.74 Å². The zero-order valence-corrected chi connectivity index (χ0v) is 14.2. The summed E-state index contributed by atoms with van der Waals surface area (Å²) in [5.74, 6) is -0.262. The van der Waals surface area contributed by atoms with Crippen molar-refractivity contribution in [2.75, 3.05) is 37.7 Å². The van der Waals surface area contributed by atoms with Gasteiger partial charge in [-0.25, -0.2) is 4.79 Å². The third-order valence-corrected chi connectivity index (χ3v) is 4.24. The van der Waals surface area contributed by atoms with Crippen LogP contribution in [0.4, 0.5) is 5.69 Å². The summed E-state index contributed by atoms with van der Waals surface area (Å²) in [6.45, 7) is 5.01. The first-order valence-corrected chi connectivity index (χ1v) is 8.40. The largest absolute Gasteiger partial charge is 0.462 e. The van der Waals surface area contributed by atoms with Crippen LogP contribution in [0.2, 0.25) is 0 Å². The Bertz CT molecular complexity index is 723. The quantitative estimate of drug-likeness (QED) is 0.799. The maximum atomic E-state index is 12.5. The van der Waals surface area contributed by atoms with Crippen LogP contribution in [0.1, 0.15) is 27.6 Å². The minimum atomic E-state index is -0.304. The number of carbonyl (C=O) groups excluding carboxylic acids is 2. The third-order valence-electron chi connectivity index (χ3n) is 4.24. The van der Waals surface area contributed by atoms with Crippen LogP contribution < -0.4 is 4.90 Å². The molecule has 0 N–H and O–H groups in total. The Morgan fingerprint density at radius 3 is 2.20 bits per heavy atom. The van der Waals surface area contributed by atoms with Crippen LogP contribution in [0, 0.1) is 0 Å². The molecule has 1 aromatic carbocycles. The van der Waals surface area contributed by atoms with E-state index in [2.05, 4.69) is 9.88 Å². The number of carbonyl (C=O) groups is 2. The molecule has 0 saturated carbocycles. The predicted molar refractivity (Wildman–Crippen MR) is 94.8 cm³/mol. The molecule has 1 aliphatic rings. The van der Waals surface area contributed by atoms with Gasteiger partial charge in [-0.05, 0) is 43.3 Å². The van der Waals surface area contributed by atoms with Gasteiger partial charge in [-0.3, -0.25) is 9.78 Å². The Morgan fingerprint density at radius 2 is 1.60 bits per heavy atom. The lowest BCUT2D eigenvalue weighted by atomic mass is 10.1. The molecule has 2 heterocycles. The van der Waals surface area contributed by atoms with Crippen LogP contribution in [0.5, 0.6) is 0 Å². The molecular weight excluding hydrogens is 318 g/mol. The summed E-state index contributed by atoms with van der Waals surface area (Å²) in [5, 5.41) is 0. The smallest absolute Gasteiger partial charge is 0.338 e. The number of aromatic nitrogens is 1. The highest BCUT2D eigenvalue weighted by Crippen LogP contribution is 2.18. The fraction of sp³-hybridized carbons (Fsp3) is 0.316. The van der Waals surface area contributed by atoms with Crippen molar-refractivity contribution in [1.82, 2.24) is 9.88 Å². The molecule has 6 nitrogen and oxygen atoms in total. The highest BCUT2D eigenvalue weighted by atomic mass is 16.5. The summed E-state index contributed by atoms with van der Waals surface area (Å²) < 4.78 is 4.99. The van der Waals surface area contributed by atoms with Crippen LogP contribution >= 0.6 is 0 Å². The van der Waals surface area contributed by atoms with Crippen molar-refractivity contribution in [1.29, 1.82) is 0 Å². The third kappa shape index (κ3) is 3.96. The van der Waals surface area contributed by atoms with Crippen molar-refractivity contribution in [2.24, 2.45) is 0 Å².